The summed E-state index contributed by atoms with van der Waals surface area (Å²) in [6.07, 6.45) is 0.741. The maximum Gasteiger partial charge on any atom is 0.264 e. The number of hydrogen-bond donors (Lipinski definition) is 1. The molecule has 0 bridgehead atoms. The topological polar surface area (TPSA) is 96.0 Å². The molecule has 1 unspecified atom stereocenters. The van der Waals surface area contributed by atoms with Crippen molar-refractivity contribution < 1.29 is 22.7 Å². The number of sulfonamides is 1. The first-order chi connectivity index (χ1) is 18.6. The molecule has 208 valence electrons. The fourth-order valence-corrected chi connectivity index (χ4v) is 5.48. The highest BCUT2D eigenvalue weighted by Crippen LogP contribution is 2.26. The van der Waals surface area contributed by atoms with E-state index in [9.17, 15) is 18.0 Å². The Morgan fingerprint density at radius 2 is 1.69 bits per heavy atom. The molecule has 0 aliphatic rings. The second-order valence-electron chi connectivity index (χ2n) is 9.14. The van der Waals surface area contributed by atoms with Crippen molar-refractivity contribution in [3.8, 4) is 5.75 Å². The van der Waals surface area contributed by atoms with Gasteiger partial charge in [-0.05, 0) is 79.9 Å². The quantitative estimate of drug-likeness (QED) is 0.337. The Bertz CT molecular complexity index is 1380. The van der Waals surface area contributed by atoms with E-state index in [4.69, 9.17) is 16.3 Å². The lowest BCUT2D eigenvalue weighted by molar-refractivity contribution is -0.139. The van der Waals surface area contributed by atoms with Crippen LogP contribution < -0.4 is 14.4 Å². The van der Waals surface area contributed by atoms with Crippen LogP contribution in [0, 0.1) is 6.92 Å². The third kappa shape index (κ3) is 7.74. The fraction of sp³-hybridized carbons (Fsp3) is 0.310. The van der Waals surface area contributed by atoms with E-state index in [0.29, 0.717) is 23.0 Å². The Hall–Kier alpha value is -3.56. The van der Waals surface area contributed by atoms with Crippen molar-refractivity contribution in [2.24, 2.45) is 0 Å². The number of nitrogens with one attached hydrogen (secondary N) is 1. The van der Waals surface area contributed by atoms with Gasteiger partial charge in [-0.2, -0.15) is 0 Å². The number of benzene rings is 3. The van der Waals surface area contributed by atoms with E-state index in [0.717, 1.165) is 21.9 Å². The molecule has 0 radical (unpaired) electrons. The van der Waals surface area contributed by atoms with Gasteiger partial charge >= 0.3 is 0 Å². The van der Waals surface area contributed by atoms with Crippen molar-refractivity contribution in [3.05, 3.63) is 88.9 Å². The zero-order chi connectivity index (χ0) is 28.6. The molecule has 0 spiro atoms. The predicted octanol–water partition coefficient (Wildman–Crippen LogP) is 4.80. The highest BCUT2D eigenvalue weighted by Gasteiger charge is 2.32. The SMILES string of the molecule is CCCNC(=O)C(C)N(Cc1ccc(OC)cc1)C(=O)CN(c1cccc(C)c1)S(=O)(=O)c1ccc(Cl)cc1. The monoisotopic (exact) mass is 571 g/mol. The van der Waals surface area contributed by atoms with E-state index in [2.05, 4.69) is 5.32 Å². The van der Waals surface area contributed by atoms with Gasteiger partial charge in [0.15, 0.2) is 0 Å². The van der Waals surface area contributed by atoms with Crippen LogP contribution in [0.5, 0.6) is 5.75 Å². The van der Waals surface area contributed by atoms with Gasteiger partial charge in [0.2, 0.25) is 11.8 Å². The van der Waals surface area contributed by atoms with E-state index < -0.39 is 28.5 Å². The number of amides is 2. The summed E-state index contributed by atoms with van der Waals surface area (Å²) in [4.78, 5) is 28.2. The molecule has 2 amide bonds. The number of halogens is 1. The Labute approximate surface area is 235 Å². The molecule has 0 aliphatic carbocycles. The molecular weight excluding hydrogens is 538 g/mol. The molecule has 0 fully saturated rings. The van der Waals surface area contributed by atoms with Crippen molar-refractivity contribution in [1.82, 2.24) is 10.2 Å². The second-order valence-corrected chi connectivity index (χ2v) is 11.4. The molecule has 0 saturated heterocycles. The van der Waals surface area contributed by atoms with Gasteiger partial charge in [0.05, 0.1) is 17.7 Å². The van der Waals surface area contributed by atoms with Crippen molar-refractivity contribution in [1.29, 1.82) is 0 Å². The van der Waals surface area contributed by atoms with Crippen molar-refractivity contribution in [3.63, 3.8) is 0 Å². The predicted molar refractivity (Wildman–Crippen MR) is 153 cm³/mol. The average molecular weight is 572 g/mol. The fourth-order valence-electron chi connectivity index (χ4n) is 3.95. The maximum absolute atomic E-state index is 13.9. The smallest absolute Gasteiger partial charge is 0.264 e. The Balaban J connectivity index is 2.01. The van der Waals surface area contributed by atoms with Crippen LogP contribution in [-0.2, 0) is 26.2 Å². The number of aryl methyl sites for hydroxylation is 1. The van der Waals surface area contributed by atoms with Gasteiger partial charge in [0.1, 0.15) is 18.3 Å². The molecule has 39 heavy (non-hydrogen) atoms. The molecule has 8 nitrogen and oxygen atoms in total. The Kier molecular flexibility index (Phi) is 10.4. The average Bonchev–Trinajstić information content (AvgIpc) is 2.93. The zero-order valence-corrected chi connectivity index (χ0v) is 24.1. The normalized spacial score (nSPS) is 11.9. The molecule has 1 atom stereocenters. The highest BCUT2D eigenvalue weighted by molar-refractivity contribution is 7.92. The van der Waals surface area contributed by atoms with Gasteiger partial charge in [-0.3, -0.25) is 13.9 Å². The largest absolute Gasteiger partial charge is 0.497 e. The van der Waals surface area contributed by atoms with Gasteiger partial charge in [-0.1, -0.05) is 42.8 Å². The molecule has 3 aromatic rings. The third-order valence-corrected chi connectivity index (χ3v) is 8.24. The Morgan fingerprint density at radius 3 is 2.28 bits per heavy atom. The number of carbonyl (C=O) groups is 2. The van der Waals surface area contributed by atoms with Crippen LogP contribution >= 0.6 is 11.6 Å². The summed E-state index contributed by atoms with van der Waals surface area (Å²) < 4.78 is 33.9. The minimum atomic E-state index is -4.15. The van der Waals surface area contributed by atoms with Gasteiger partial charge in [-0.25, -0.2) is 8.42 Å². The van der Waals surface area contributed by atoms with Crippen LogP contribution in [0.2, 0.25) is 5.02 Å². The summed E-state index contributed by atoms with van der Waals surface area (Å²) in [5.41, 5.74) is 1.94. The summed E-state index contributed by atoms with van der Waals surface area (Å²) in [7, 11) is -2.59. The number of carbonyl (C=O) groups excluding carboxylic acids is 2. The number of rotatable bonds is 12. The molecule has 10 heteroatoms. The molecule has 0 aromatic heterocycles. The van der Waals surface area contributed by atoms with E-state index in [1.165, 1.54) is 29.2 Å². The van der Waals surface area contributed by atoms with Gasteiger partial charge in [-0.15, -0.1) is 0 Å². The summed E-state index contributed by atoms with van der Waals surface area (Å²) in [6, 6.07) is 19.0. The first-order valence-corrected chi connectivity index (χ1v) is 14.4. The van der Waals surface area contributed by atoms with Crippen molar-refractivity contribution >= 4 is 39.1 Å². The number of hydrogen-bond acceptors (Lipinski definition) is 5. The minimum absolute atomic E-state index is 0.00310. The van der Waals surface area contributed by atoms with Gasteiger partial charge in [0.25, 0.3) is 10.0 Å². The van der Waals surface area contributed by atoms with E-state index in [1.807, 2.05) is 19.9 Å². The van der Waals surface area contributed by atoms with Gasteiger partial charge in [0, 0.05) is 18.1 Å². The van der Waals surface area contributed by atoms with Crippen molar-refractivity contribution in [2.45, 2.75) is 44.7 Å². The third-order valence-electron chi connectivity index (χ3n) is 6.20. The number of methoxy groups -OCH3 is 1. The lowest BCUT2D eigenvalue weighted by atomic mass is 10.1. The van der Waals surface area contributed by atoms with Crippen LogP contribution in [-0.4, -0.2) is 51.4 Å². The number of anilines is 1. The lowest BCUT2D eigenvalue weighted by Crippen LogP contribution is -2.51. The molecule has 0 saturated carbocycles. The molecule has 3 aromatic carbocycles. The lowest BCUT2D eigenvalue weighted by Gasteiger charge is -2.32. The molecule has 1 N–H and O–H groups in total. The zero-order valence-electron chi connectivity index (χ0n) is 22.6. The van der Waals surface area contributed by atoms with Crippen LogP contribution in [0.3, 0.4) is 0 Å². The Morgan fingerprint density at radius 1 is 1.03 bits per heavy atom. The highest BCUT2D eigenvalue weighted by atomic mass is 35.5. The second kappa shape index (κ2) is 13.5. The first kappa shape index (κ1) is 30.0. The molecule has 3 rings (SSSR count). The summed E-state index contributed by atoms with van der Waals surface area (Å²) >= 11 is 5.99. The summed E-state index contributed by atoms with van der Waals surface area (Å²) in [6.45, 7) is 5.48. The van der Waals surface area contributed by atoms with Crippen molar-refractivity contribution in [2.75, 3.05) is 24.5 Å². The van der Waals surface area contributed by atoms with Crippen LogP contribution in [0.15, 0.2) is 77.7 Å². The van der Waals surface area contributed by atoms with E-state index >= 15 is 0 Å². The summed E-state index contributed by atoms with van der Waals surface area (Å²) in [5, 5.41) is 3.22. The molecule has 0 aliphatic heterocycles. The standard InChI is InChI=1S/C29H34ClN3O5S/c1-5-17-31-29(35)22(3)32(19-23-9-13-26(38-4)14-10-23)28(34)20-33(25-8-6-7-21(2)18-25)39(36,37)27-15-11-24(30)12-16-27/h6-16,18,22H,5,17,19-20H2,1-4H3,(H,31,35). The number of nitrogens with zero attached hydrogens (tertiary/aromatic N) is 2. The number of ether oxygens (including phenoxy) is 1. The minimum Gasteiger partial charge on any atom is -0.497 e. The van der Waals surface area contributed by atoms with Crippen LogP contribution in [0.4, 0.5) is 5.69 Å². The molecule has 0 heterocycles. The maximum atomic E-state index is 13.9. The summed E-state index contributed by atoms with van der Waals surface area (Å²) in [5.74, 6) is -0.185. The van der Waals surface area contributed by atoms with Gasteiger partial charge < -0.3 is 15.0 Å². The van der Waals surface area contributed by atoms with Crippen LogP contribution in [0.1, 0.15) is 31.4 Å². The first-order valence-electron chi connectivity index (χ1n) is 12.6. The van der Waals surface area contributed by atoms with E-state index in [-0.39, 0.29) is 17.3 Å². The van der Waals surface area contributed by atoms with E-state index in [1.54, 1.807) is 56.5 Å². The van der Waals surface area contributed by atoms with Crippen LogP contribution in [0.25, 0.3) is 0 Å². The molecular formula is C29H34ClN3O5S.